The number of rotatable bonds is 31. The number of benzene rings is 2. The number of quaternary nitrogens is 1. The predicted molar refractivity (Wildman–Crippen MR) is 288 cm³/mol. The molecule has 24 nitrogen and oxygen atoms in total. The van der Waals surface area contributed by atoms with E-state index in [1.165, 1.54) is 23.0 Å². The number of nitrogens with one attached hydrogen (secondary N) is 3. The Morgan fingerprint density at radius 3 is 2.53 bits per heavy atom. The number of amides is 2. The van der Waals surface area contributed by atoms with E-state index in [2.05, 4.69) is 65.3 Å². The number of aryl methyl sites for hydroxylation is 1. The first kappa shape index (κ1) is 58.2. The van der Waals surface area contributed by atoms with E-state index in [0.29, 0.717) is 126 Å². The van der Waals surface area contributed by atoms with Gasteiger partial charge in [-0.05, 0) is 41.8 Å². The average molecular weight is 1120 g/mol. The highest BCUT2D eigenvalue weighted by atomic mass is 35.5. The van der Waals surface area contributed by atoms with Crippen molar-refractivity contribution < 1.29 is 56.7 Å². The number of fused-ring (bicyclic) bond motifs is 2. The Morgan fingerprint density at radius 1 is 0.975 bits per heavy atom. The molecule has 1 saturated heterocycles. The number of halogens is 2. The maximum atomic E-state index is 13.9. The number of hydrogen-bond donors (Lipinski definition) is 5. The largest absolute Gasteiger partial charge is 0.480 e. The molecule has 6 aromatic rings. The van der Waals surface area contributed by atoms with Gasteiger partial charge in [0.05, 0.1) is 121 Å². The van der Waals surface area contributed by atoms with Crippen LogP contribution in [0.4, 0.5) is 21.7 Å². The number of nitrogens with zero attached hydrogens (tertiary/aromatic N) is 10. The van der Waals surface area contributed by atoms with Crippen molar-refractivity contribution in [3.8, 4) is 12.0 Å². The van der Waals surface area contributed by atoms with Crippen molar-refractivity contribution in [3.63, 3.8) is 0 Å². The fourth-order valence-electron chi connectivity index (χ4n) is 8.73. The normalized spacial score (nSPS) is 16.4. The van der Waals surface area contributed by atoms with E-state index in [-0.39, 0.29) is 78.0 Å². The van der Waals surface area contributed by atoms with Gasteiger partial charge in [0.15, 0.2) is 17.0 Å². The van der Waals surface area contributed by atoms with Gasteiger partial charge in [0.1, 0.15) is 31.1 Å². The van der Waals surface area contributed by atoms with E-state index < -0.39 is 5.82 Å². The second-order valence-corrected chi connectivity index (χ2v) is 20.0. The van der Waals surface area contributed by atoms with Gasteiger partial charge in [0.25, 0.3) is 6.01 Å². The van der Waals surface area contributed by atoms with Crippen LogP contribution in [0.2, 0.25) is 5.02 Å². The van der Waals surface area contributed by atoms with Crippen LogP contribution in [0.5, 0.6) is 12.0 Å². The Balaban J connectivity index is 0.655. The number of carbonyl (C=O) groups is 2. The molecule has 8 rings (SSSR count). The third-order valence-corrected chi connectivity index (χ3v) is 13.4. The highest BCUT2D eigenvalue weighted by Gasteiger charge is 2.35. The summed E-state index contributed by atoms with van der Waals surface area (Å²) in [6.07, 6.45) is 8.70. The van der Waals surface area contributed by atoms with Gasteiger partial charge in [-0.3, -0.25) is 14.2 Å². The number of likely N-dealkylation sites (N-methyl/N-ethyl adjacent to an activating group) is 1. The van der Waals surface area contributed by atoms with Gasteiger partial charge >= 0.3 is 6.01 Å². The zero-order chi connectivity index (χ0) is 55.6. The van der Waals surface area contributed by atoms with E-state index in [1.807, 2.05) is 36.5 Å². The lowest BCUT2D eigenvalue weighted by molar-refractivity contribution is -0.884. The summed E-state index contributed by atoms with van der Waals surface area (Å²) in [5.41, 5.74) is 11.4. The molecule has 1 aliphatic heterocycles. The molecular weight excluding hydrogens is 1050 g/mol. The lowest BCUT2D eigenvalue weighted by atomic mass is 9.89. The molecule has 1 aliphatic carbocycles. The molecule has 5 heterocycles. The molecule has 2 amide bonds. The number of aromatic hydroxyl groups is 1. The maximum absolute atomic E-state index is 13.9. The van der Waals surface area contributed by atoms with Crippen LogP contribution < -0.4 is 26.4 Å². The van der Waals surface area contributed by atoms with Gasteiger partial charge in [-0.1, -0.05) is 41.1 Å². The minimum Gasteiger partial charge on any atom is -0.480 e. The molecule has 2 aliphatic rings. The summed E-state index contributed by atoms with van der Waals surface area (Å²) >= 11 is 6.04. The number of ether oxygens (including phenoxy) is 7. The van der Waals surface area contributed by atoms with Crippen molar-refractivity contribution in [2.75, 3.05) is 111 Å². The van der Waals surface area contributed by atoms with Gasteiger partial charge < -0.3 is 64.4 Å². The molecule has 2 aromatic carbocycles. The van der Waals surface area contributed by atoms with Crippen molar-refractivity contribution in [1.82, 2.24) is 55.1 Å². The molecule has 1 fully saturated rings. The molecule has 0 radical (unpaired) electrons. The van der Waals surface area contributed by atoms with Crippen LogP contribution in [-0.2, 0) is 76.9 Å². The van der Waals surface area contributed by atoms with E-state index in [0.717, 1.165) is 35.3 Å². The standard InChI is InChI=1S/C53H68ClFN14O10/c1-69(2,16-4-5-47(71)61-44-28-40-43(29-45(44)79-39-14-18-77-33-39)58-34-59-50(40)60-37-10-12-42(55)41(54)27-37)17-20-75-23-25-76-24-22-74-19-15-67-32-38(65-66-67)11-13-46(70)57-30-35-6-8-36(9-7-35)31-68-51-48(62-53(68)72)49(56)63-52(64-51)78-26-21-73-3/h4-10,12,27,32,34,39,44-45H,11,13-26,28-31,33H2,1-3H3,(H5-,56,57,58,59,60,61,62,63,64,65,66,70,71,72)/p+1/b5-4+/t39-,44?,45?/m1/s1. The fourth-order valence-corrected chi connectivity index (χ4v) is 8.91. The molecule has 79 heavy (non-hydrogen) atoms. The van der Waals surface area contributed by atoms with Gasteiger partial charge in [0, 0.05) is 69.5 Å². The first-order valence-corrected chi connectivity index (χ1v) is 26.5. The summed E-state index contributed by atoms with van der Waals surface area (Å²) < 4.78 is 57.5. The van der Waals surface area contributed by atoms with E-state index in [9.17, 15) is 19.1 Å². The molecule has 26 heteroatoms. The molecule has 6 N–H and O–H groups in total. The first-order chi connectivity index (χ1) is 38.3. The van der Waals surface area contributed by atoms with Crippen LogP contribution in [-0.4, -0.2) is 184 Å². The fraction of sp³-hybridized carbons (Fsp3) is 0.491. The highest BCUT2D eigenvalue weighted by molar-refractivity contribution is 6.31. The number of imidazole rings is 1. The molecule has 3 atom stereocenters. The third kappa shape index (κ3) is 17.5. The summed E-state index contributed by atoms with van der Waals surface area (Å²) in [6.45, 7) is 6.80. The Morgan fingerprint density at radius 2 is 1.76 bits per heavy atom. The Kier molecular flexibility index (Phi) is 21.2. The van der Waals surface area contributed by atoms with Crippen molar-refractivity contribution in [1.29, 1.82) is 0 Å². The number of nitrogen functional groups attached to an aromatic ring is 1. The van der Waals surface area contributed by atoms with Crippen LogP contribution in [0.15, 0.2) is 67.1 Å². The first-order valence-electron chi connectivity index (χ1n) is 26.2. The average Bonchev–Trinajstić information content (AvgIpc) is 4.36. The molecule has 0 bridgehead atoms. The smallest absolute Gasteiger partial charge is 0.320 e. The van der Waals surface area contributed by atoms with Crippen molar-refractivity contribution in [3.05, 3.63) is 106 Å². The van der Waals surface area contributed by atoms with Crippen LogP contribution in [0.3, 0.4) is 0 Å². The number of aromatic nitrogens is 9. The lowest BCUT2D eigenvalue weighted by Gasteiger charge is -2.35. The van der Waals surface area contributed by atoms with Crippen LogP contribution in [0, 0.1) is 5.82 Å². The summed E-state index contributed by atoms with van der Waals surface area (Å²) in [7, 11) is 5.71. The van der Waals surface area contributed by atoms with Gasteiger partial charge in [-0.25, -0.2) is 19.0 Å². The summed E-state index contributed by atoms with van der Waals surface area (Å²) in [4.78, 5) is 47.7. The van der Waals surface area contributed by atoms with Crippen LogP contribution >= 0.6 is 11.6 Å². The maximum Gasteiger partial charge on any atom is 0.320 e. The third-order valence-electron chi connectivity index (χ3n) is 13.1. The zero-order valence-corrected chi connectivity index (χ0v) is 45.4. The Bertz CT molecular complexity index is 2980. The minimum atomic E-state index is -0.514. The second-order valence-electron chi connectivity index (χ2n) is 19.6. The molecule has 2 unspecified atom stereocenters. The molecule has 0 saturated carbocycles. The second kappa shape index (κ2) is 28.8. The van der Waals surface area contributed by atoms with Crippen LogP contribution in [0.25, 0.3) is 11.2 Å². The molecule has 424 valence electrons. The monoisotopic (exact) mass is 1120 g/mol. The number of carbonyl (C=O) groups excluding carboxylic acids is 2. The number of hydrogen-bond acceptors (Lipinski definition) is 19. The topological polar surface area (TPSA) is 281 Å². The SMILES string of the molecule is COCCOc1nc(N)c2nc(O)n(Cc3ccc(CNC(=O)CCc4cn(CCOCCOCCOCC[N+](C)(C)C/C=C/C(=O)NC5Cc6c(ncnc6Nc6ccc(F)c(Cl)c6)CC5O[C@@H]5CCOC5)nn4)cc3)c2n1. The Labute approximate surface area is 461 Å². The summed E-state index contributed by atoms with van der Waals surface area (Å²) in [5.74, 6) is -0.210. The van der Waals surface area contributed by atoms with Crippen molar-refractivity contribution in [2.24, 2.45) is 0 Å². The Hall–Kier alpha value is -6.97. The summed E-state index contributed by atoms with van der Waals surface area (Å²) in [5, 5.41) is 28.3. The molecular formula is C53H69ClFN14O10+. The number of methoxy groups -OCH3 is 1. The lowest BCUT2D eigenvalue weighted by Crippen LogP contribution is -2.50. The van der Waals surface area contributed by atoms with E-state index >= 15 is 0 Å². The molecule has 0 spiro atoms. The van der Waals surface area contributed by atoms with Crippen LogP contribution in [0.1, 0.15) is 40.9 Å². The van der Waals surface area contributed by atoms with E-state index in [4.69, 9.17) is 50.5 Å². The highest BCUT2D eigenvalue weighted by Crippen LogP contribution is 2.31. The van der Waals surface area contributed by atoms with Gasteiger partial charge in [-0.15, -0.1) is 5.10 Å². The van der Waals surface area contributed by atoms with Crippen molar-refractivity contribution >= 4 is 51.9 Å². The number of anilines is 3. The predicted octanol–water partition coefficient (Wildman–Crippen LogP) is 3.49. The van der Waals surface area contributed by atoms with Gasteiger partial charge in [-0.2, -0.15) is 15.0 Å². The minimum absolute atomic E-state index is 0.00433. The van der Waals surface area contributed by atoms with Gasteiger partial charge in [0.2, 0.25) is 11.8 Å². The summed E-state index contributed by atoms with van der Waals surface area (Å²) in [6, 6.07) is 11.4. The van der Waals surface area contributed by atoms with E-state index in [1.54, 1.807) is 23.9 Å². The molecule has 4 aromatic heterocycles. The van der Waals surface area contributed by atoms with Crippen molar-refractivity contribution in [2.45, 2.75) is 70.0 Å². The zero-order valence-electron chi connectivity index (χ0n) is 44.7. The number of nitrogens with two attached hydrogens (primary N) is 1. The quantitative estimate of drug-likeness (QED) is 0.0237.